The molecule has 0 aliphatic rings. The third kappa shape index (κ3) is 3.49. The van der Waals surface area contributed by atoms with Crippen molar-refractivity contribution in [1.29, 1.82) is 0 Å². The van der Waals surface area contributed by atoms with E-state index in [1.807, 2.05) is 31.2 Å². The predicted molar refractivity (Wildman–Crippen MR) is 85.8 cm³/mol. The van der Waals surface area contributed by atoms with E-state index in [-0.39, 0.29) is 11.7 Å². The Labute approximate surface area is 134 Å². The lowest BCUT2D eigenvalue weighted by atomic mass is 10.1. The minimum Gasteiger partial charge on any atom is -0.294 e. The maximum atomic E-state index is 11.8. The standard InChI is InChI=1S/C13H12N6OS2/c1-8-2-4-9(5-3-8)11-12(22-19-17-11)21-6-10(20)16-13-14-7-15-18-13/h2-5,7H,6H2,1H3,(H2,14,15,16,18,20). The predicted octanol–water partition coefficient (Wildman–Crippen LogP) is 2.36. The molecule has 112 valence electrons. The number of H-pyrrole nitrogens is 1. The van der Waals surface area contributed by atoms with E-state index in [9.17, 15) is 4.79 Å². The Morgan fingerprint density at radius 2 is 2.18 bits per heavy atom. The van der Waals surface area contributed by atoms with Gasteiger partial charge >= 0.3 is 0 Å². The second kappa shape index (κ2) is 6.67. The Hall–Kier alpha value is -2.26. The molecule has 0 aliphatic carbocycles. The zero-order valence-electron chi connectivity index (χ0n) is 11.6. The first-order valence-electron chi connectivity index (χ1n) is 6.40. The van der Waals surface area contributed by atoms with Crippen molar-refractivity contribution in [2.75, 3.05) is 11.1 Å². The van der Waals surface area contributed by atoms with Gasteiger partial charge in [0.25, 0.3) is 0 Å². The smallest absolute Gasteiger partial charge is 0.237 e. The topological polar surface area (TPSA) is 96.5 Å². The van der Waals surface area contributed by atoms with Gasteiger partial charge in [0.05, 0.1) is 5.75 Å². The first kappa shape index (κ1) is 14.7. The third-order valence-corrected chi connectivity index (χ3v) is 4.75. The molecule has 0 saturated heterocycles. The molecule has 0 saturated carbocycles. The molecule has 2 N–H and O–H groups in total. The van der Waals surface area contributed by atoms with Gasteiger partial charge in [-0.2, -0.15) is 10.1 Å². The summed E-state index contributed by atoms with van der Waals surface area (Å²) in [5.41, 5.74) is 2.99. The average Bonchev–Trinajstić information content (AvgIpc) is 3.17. The van der Waals surface area contributed by atoms with Gasteiger partial charge < -0.3 is 0 Å². The quantitative estimate of drug-likeness (QED) is 0.696. The van der Waals surface area contributed by atoms with Crippen molar-refractivity contribution in [1.82, 2.24) is 24.8 Å². The van der Waals surface area contributed by atoms with Crippen LogP contribution in [0.3, 0.4) is 0 Å². The van der Waals surface area contributed by atoms with Crippen LogP contribution in [-0.2, 0) is 4.79 Å². The Bertz CT molecular complexity index is 753. The van der Waals surface area contributed by atoms with E-state index >= 15 is 0 Å². The summed E-state index contributed by atoms with van der Waals surface area (Å²) in [5, 5.41) is 13.0. The average molecular weight is 332 g/mol. The highest BCUT2D eigenvalue weighted by Gasteiger charge is 2.13. The fourth-order valence-electron chi connectivity index (χ4n) is 1.73. The highest BCUT2D eigenvalue weighted by molar-refractivity contribution is 8.01. The molecule has 0 radical (unpaired) electrons. The number of anilines is 1. The van der Waals surface area contributed by atoms with Crippen LogP contribution in [0, 0.1) is 6.92 Å². The van der Waals surface area contributed by atoms with E-state index in [0.717, 1.165) is 15.5 Å². The summed E-state index contributed by atoms with van der Waals surface area (Å²) in [6.45, 7) is 2.03. The van der Waals surface area contributed by atoms with Crippen LogP contribution in [0.4, 0.5) is 5.95 Å². The Morgan fingerprint density at radius 1 is 1.36 bits per heavy atom. The molecule has 0 aliphatic heterocycles. The van der Waals surface area contributed by atoms with Crippen molar-refractivity contribution in [3.8, 4) is 11.3 Å². The van der Waals surface area contributed by atoms with E-state index < -0.39 is 0 Å². The van der Waals surface area contributed by atoms with Crippen molar-refractivity contribution in [3.05, 3.63) is 36.2 Å². The number of carbonyl (C=O) groups is 1. The van der Waals surface area contributed by atoms with Gasteiger partial charge in [0.15, 0.2) is 0 Å². The molecule has 2 heterocycles. The summed E-state index contributed by atoms with van der Waals surface area (Å²) < 4.78 is 4.90. The number of carbonyl (C=O) groups excluding carboxylic acids is 1. The number of aromatic nitrogens is 5. The largest absolute Gasteiger partial charge is 0.294 e. The molecule has 0 fully saturated rings. The number of thioether (sulfide) groups is 1. The molecule has 1 aromatic carbocycles. The van der Waals surface area contributed by atoms with Crippen LogP contribution < -0.4 is 5.32 Å². The van der Waals surface area contributed by atoms with Crippen LogP contribution in [0.5, 0.6) is 0 Å². The van der Waals surface area contributed by atoms with Crippen LogP contribution in [0.1, 0.15) is 5.56 Å². The first-order chi connectivity index (χ1) is 10.7. The van der Waals surface area contributed by atoms with Crippen molar-refractivity contribution in [2.45, 2.75) is 11.1 Å². The molecule has 0 spiro atoms. The number of aryl methyl sites for hydroxylation is 1. The first-order valence-corrected chi connectivity index (χ1v) is 8.15. The van der Waals surface area contributed by atoms with E-state index in [2.05, 4.69) is 30.1 Å². The van der Waals surface area contributed by atoms with Gasteiger partial charge in [-0.15, -0.1) is 16.9 Å². The second-order valence-corrected chi connectivity index (χ2v) is 6.44. The van der Waals surface area contributed by atoms with Crippen molar-refractivity contribution in [3.63, 3.8) is 0 Å². The Morgan fingerprint density at radius 3 is 2.91 bits per heavy atom. The normalized spacial score (nSPS) is 10.6. The molecule has 9 heteroatoms. The van der Waals surface area contributed by atoms with Crippen LogP contribution in [-0.4, -0.2) is 36.4 Å². The fourth-order valence-corrected chi connectivity index (χ4v) is 3.29. The fraction of sp³-hybridized carbons (Fsp3) is 0.154. The van der Waals surface area contributed by atoms with Gasteiger partial charge in [-0.25, -0.2) is 5.10 Å². The number of benzene rings is 1. The van der Waals surface area contributed by atoms with Gasteiger partial charge in [-0.3, -0.25) is 10.1 Å². The summed E-state index contributed by atoms with van der Waals surface area (Å²) in [7, 11) is 0. The molecule has 3 aromatic rings. The SMILES string of the molecule is Cc1ccc(-c2nnsc2SCC(=O)Nc2ncn[nH]2)cc1. The summed E-state index contributed by atoms with van der Waals surface area (Å²) >= 11 is 2.69. The van der Waals surface area contributed by atoms with Crippen molar-refractivity contribution < 1.29 is 4.79 Å². The molecule has 0 bridgehead atoms. The third-order valence-electron chi connectivity index (χ3n) is 2.79. The Balaban J connectivity index is 1.65. The van der Waals surface area contributed by atoms with E-state index in [4.69, 9.17) is 0 Å². The zero-order valence-corrected chi connectivity index (χ0v) is 13.2. The lowest BCUT2D eigenvalue weighted by molar-refractivity contribution is -0.113. The molecule has 22 heavy (non-hydrogen) atoms. The van der Waals surface area contributed by atoms with Crippen LogP contribution in [0.15, 0.2) is 34.8 Å². The zero-order chi connectivity index (χ0) is 15.4. The van der Waals surface area contributed by atoms with Gasteiger partial charge in [0, 0.05) is 5.56 Å². The molecular formula is C13H12N6OS2. The van der Waals surface area contributed by atoms with Crippen LogP contribution >= 0.6 is 23.3 Å². The lowest BCUT2D eigenvalue weighted by Crippen LogP contribution is -2.14. The molecular weight excluding hydrogens is 320 g/mol. The number of nitrogens with one attached hydrogen (secondary N) is 2. The highest BCUT2D eigenvalue weighted by atomic mass is 32.2. The maximum Gasteiger partial charge on any atom is 0.237 e. The number of amides is 1. The molecule has 3 rings (SSSR count). The minimum atomic E-state index is -0.162. The van der Waals surface area contributed by atoms with Gasteiger partial charge in [-0.1, -0.05) is 34.3 Å². The maximum absolute atomic E-state index is 11.8. The van der Waals surface area contributed by atoms with Gasteiger partial charge in [0.2, 0.25) is 11.9 Å². The summed E-state index contributed by atoms with van der Waals surface area (Å²) in [6, 6.07) is 8.06. The number of hydrogen-bond acceptors (Lipinski definition) is 7. The van der Waals surface area contributed by atoms with E-state index in [1.165, 1.54) is 35.2 Å². The monoisotopic (exact) mass is 332 g/mol. The number of nitrogens with zero attached hydrogens (tertiary/aromatic N) is 4. The summed E-state index contributed by atoms with van der Waals surface area (Å²) in [5.74, 6) is 0.431. The highest BCUT2D eigenvalue weighted by Crippen LogP contribution is 2.32. The van der Waals surface area contributed by atoms with Crippen molar-refractivity contribution in [2.24, 2.45) is 0 Å². The minimum absolute atomic E-state index is 0.162. The van der Waals surface area contributed by atoms with Gasteiger partial charge in [-0.05, 0) is 18.5 Å². The number of aromatic amines is 1. The van der Waals surface area contributed by atoms with Crippen LogP contribution in [0.2, 0.25) is 0 Å². The van der Waals surface area contributed by atoms with Crippen LogP contribution in [0.25, 0.3) is 11.3 Å². The van der Waals surface area contributed by atoms with E-state index in [0.29, 0.717) is 5.95 Å². The van der Waals surface area contributed by atoms with E-state index in [1.54, 1.807) is 0 Å². The van der Waals surface area contributed by atoms with Gasteiger partial charge in [0.1, 0.15) is 16.2 Å². The summed E-state index contributed by atoms with van der Waals surface area (Å²) in [6.07, 6.45) is 1.34. The second-order valence-electron chi connectivity index (χ2n) is 4.45. The summed E-state index contributed by atoms with van der Waals surface area (Å²) in [4.78, 5) is 15.7. The number of rotatable bonds is 5. The molecule has 0 atom stereocenters. The molecule has 1 amide bonds. The number of hydrogen-bond donors (Lipinski definition) is 2. The molecule has 2 aromatic heterocycles. The lowest BCUT2D eigenvalue weighted by Gasteiger charge is -2.02. The molecule has 0 unspecified atom stereocenters. The molecule has 7 nitrogen and oxygen atoms in total. The van der Waals surface area contributed by atoms with Crippen molar-refractivity contribution >= 4 is 35.1 Å². The Kier molecular flexibility index (Phi) is 4.45.